The van der Waals surface area contributed by atoms with Crippen molar-refractivity contribution in [2.24, 2.45) is 5.92 Å². The molecule has 1 fully saturated rings. The highest BCUT2D eigenvalue weighted by molar-refractivity contribution is 7.99. The molecular formula is C17H24ClNOS. The van der Waals surface area contributed by atoms with Gasteiger partial charge in [0.25, 0.3) is 0 Å². The van der Waals surface area contributed by atoms with Gasteiger partial charge in [-0.1, -0.05) is 25.4 Å². The molecule has 0 aliphatic carbocycles. The summed E-state index contributed by atoms with van der Waals surface area (Å²) in [7, 11) is 0. The summed E-state index contributed by atoms with van der Waals surface area (Å²) in [6, 6.07) is 7.30. The van der Waals surface area contributed by atoms with Crippen molar-refractivity contribution < 1.29 is 4.74 Å². The maximum atomic E-state index is 6.19. The lowest BCUT2D eigenvalue weighted by atomic mass is 9.93. The summed E-state index contributed by atoms with van der Waals surface area (Å²) < 4.78 is 5.88. The zero-order valence-electron chi connectivity index (χ0n) is 12.8. The molecule has 1 saturated heterocycles. The van der Waals surface area contributed by atoms with E-state index in [-0.39, 0.29) is 0 Å². The summed E-state index contributed by atoms with van der Waals surface area (Å²) in [5, 5.41) is 4.72. The molecule has 1 N–H and O–H groups in total. The first-order valence-corrected chi connectivity index (χ1v) is 9.29. The lowest BCUT2D eigenvalue weighted by Crippen LogP contribution is -2.43. The largest absolute Gasteiger partial charge is 0.378 e. The third-order valence-corrected chi connectivity index (χ3v) is 5.86. The minimum atomic E-state index is 0.396. The standard InChI is InChI=1S/C17H24ClNOS/c1-11(2)16-10-13(5-7-20-16)19-15-6-8-21-17-4-3-12(18)9-14(15)17/h3-4,9,11,13,15-16,19H,5-8,10H2,1-2H3. The molecule has 0 saturated carbocycles. The number of thioether (sulfide) groups is 1. The topological polar surface area (TPSA) is 21.3 Å². The van der Waals surface area contributed by atoms with Crippen molar-refractivity contribution in [2.45, 2.75) is 56.2 Å². The molecule has 0 bridgehead atoms. The average Bonchev–Trinajstić information content (AvgIpc) is 2.48. The second-order valence-electron chi connectivity index (χ2n) is 6.41. The molecule has 0 amide bonds. The normalized spacial score (nSPS) is 29.4. The van der Waals surface area contributed by atoms with Gasteiger partial charge in [0.15, 0.2) is 0 Å². The fourth-order valence-corrected chi connectivity index (χ4v) is 4.55. The maximum absolute atomic E-state index is 6.19. The van der Waals surface area contributed by atoms with Crippen molar-refractivity contribution in [1.29, 1.82) is 0 Å². The van der Waals surface area contributed by atoms with E-state index >= 15 is 0 Å². The van der Waals surface area contributed by atoms with Crippen LogP contribution < -0.4 is 5.32 Å². The molecule has 0 spiro atoms. The van der Waals surface area contributed by atoms with Crippen LogP contribution in [-0.4, -0.2) is 24.5 Å². The van der Waals surface area contributed by atoms with Crippen LogP contribution in [0.15, 0.2) is 23.1 Å². The van der Waals surface area contributed by atoms with Crippen LogP contribution in [0.3, 0.4) is 0 Å². The van der Waals surface area contributed by atoms with Crippen LogP contribution >= 0.6 is 23.4 Å². The molecule has 3 unspecified atom stereocenters. The molecule has 21 heavy (non-hydrogen) atoms. The zero-order chi connectivity index (χ0) is 14.8. The highest BCUT2D eigenvalue weighted by Crippen LogP contribution is 2.38. The number of benzene rings is 1. The van der Waals surface area contributed by atoms with Crippen LogP contribution in [0.5, 0.6) is 0 Å². The predicted octanol–water partition coefficient (Wildman–Crippen LogP) is 4.67. The number of halogens is 1. The van der Waals surface area contributed by atoms with E-state index in [1.165, 1.54) is 22.6 Å². The summed E-state index contributed by atoms with van der Waals surface area (Å²) >= 11 is 8.14. The minimum absolute atomic E-state index is 0.396. The molecule has 3 atom stereocenters. The van der Waals surface area contributed by atoms with Gasteiger partial charge in [-0.05, 0) is 54.7 Å². The van der Waals surface area contributed by atoms with Gasteiger partial charge in [-0.3, -0.25) is 0 Å². The van der Waals surface area contributed by atoms with Crippen molar-refractivity contribution in [2.75, 3.05) is 12.4 Å². The van der Waals surface area contributed by atoms with Crippen molar-refractivity contribution in [1.82, 2.24) is 5.32 Å². The van der Waals surface area contributed by atoms with E-state index in [0.717, 1.165) is 24.5 Å². The third-order valence-electron chi connectivity index (χ3n) is 4.51. The van der Waals surface area contributed by atoms with Gasteiger partial charge in [0.05, 0.1) is 6.10 Å². The average molecular weight is 326 g/mol. The van der Waals surface area contributed by atoms with E-state index in [0.29, 0.717) is 24.1 Å². The van der Waals surface area contributed by atoms with E-state index in [1.807, 2.05) is 17.8 Å². The second-order valence-corrected chi connectivity index (χ2v) is 7.99. The number of hydrogen-bond acceptors (Lipinski definition) is 3. The fourth-order valence-electron chi connectivity index (χ4n) is 3.27. The highest BCUT2D eigenvalue weighted by Gasteiger charge is 2.28. The smallest absolute Gasteiger partial charge is 0.0612 e. The number of rotatable bonds is 3. The Hall–Kier alpha value is -0.220. The fraction of sp³-hybridized carbons (Fsp3) is 0.647. The molecule has 2 nitrogen and oxygen atoms in total. The van der Waals surface area contributed by atoms with Gasteiger partial charge in [0.1, 0.15) is 0 Å². The molecule has 2 aliphatic heterocycles. The van der Waals surface area contributed by atoms with E-state index < -0.39 is 0 Å². The molecule has 3 rings (SSSR count). The quantitative estimate of drug-likeness (QED) is 0.872. The first-order valence-electron chi connectivity index (χ1n) is 7.93. The van der Waals surface area contributed by atoms with Gasteiger partial charge in [0, 0.05) is 28.6 Å². The summed E-state index contributed by atoms with van der Waals surface area (Å²) in [6.45, 7) is 5.38. The Balaban J connectivity index is 1.70. The highest BCUT2D eigenvalue weighted by atomic mass is 35.5. The van der Waals surface area contributed by atoms with Gasteiger partial charge in [-0.15, -0.1) is 11.8 Å². The van der Waals surface area contributed by atoms with Gasteiger partial charge in [-0.25, -0.2) is 0 Å². The minimum Gasteiger partial charge on any atom is -0.378 e. The molecule has 2 heterocycles. The van der Waals surface area contributed by atoms with Crippen LogP contribution in [0.4, 0.5) is 0 Å². The van der Waals surface area contributed by atoms with Crippen LogP contribution in [0, 0.1) is 5.92 Å². The molecule has 116 valence electrons. The first-order chi connectivity index (χ1) is 10.1. The van der Waals surface area contributed by atoms with Crippen molar-refractivity contribution in [3.05, 3.63) is 28.8 Å². The monoisotopic (exact) mass is 325 g/mol. The Kier molecular flexibility index (Phi) is 5.15. The lowest BCUT2D eigenvalue weighted by molar-refractivity contribution is -0.0261. The molecule has 0 aromatic heterocycles. The Morgan fingerprint density at radius 3 is 3.00 bits per heavy atom. The molecule has 1 aromatic carbocycles. The van der Waals surface area contributed by atoms with Crippen LogP contribution in [0.25, 0.3) is 0 Å². The van der Waals surface area contributed by atoms with Crippen molar-refractivity contribution in [3.63, 3.8) is 0 Å². The number of hydrogen-bond donors (Lipinski definition) is 1. The van der Waals surface area contributed by atoms with Gasteiger partial charge in [0.2, 0.25) is 0 Å². The molecule has 2 aliphatic rings. The SMILES string of the molecule is CC(C)C1CC(NC2CCSc3ccc(Cl)cc32)CCO1. The van der Waals surface area contributed by atoms with E-state index in [4.69, 9.17) is 16.3 Å². The number of nitrogens with one attached hydrogen (secondary N) is 1. The Labute approximate surface area is 137 Å². The molecule has 1 aromatic rings. The van der Waals surface area contributed by atoms with Crippen LogP contribution in [0.1, 0.15) is 44.7 Å². The summed E-state index contributed by atoms with van der Waals surface area (Å²) in [5.41, 5.74) is 1.38. The van der Waals surface area contributed by atoms with E-state index in [1.54, 1.807) is 0 Å². The lowest BCUT2D eigenvalue weighted by Gasteiger charge is -2.36. The van der Waals surface area contributed by atoms with Crippen LogP contribution in [0.2, 0.25) is 5.02 Å². The number of ether oxygens (including phenoxy) is 1. The van der Waals surface area contributed by atoms with Crippen molar-refractivity contribution in [3.8, 4) is 0 Å². The second kappa shape index (κ2) is 6.91. The summed E-state index contributed by atoms with van der Waals surface area (Å²) in [5.74, 6) is 1.78. The third kappa shape index (κ3) is 3.76. The predicted molar refractivity (Wildman–Crippen MR) is 90.3 cm³/mol. The Bertz CT molecular complexity index is 494. The Morgan fingerprint density at radius 2 is 2.19 bits per heavy atom. The first kappa shape index (κ1) is 15.7. The summed E-state index contributed by atoms with van der Waals surface area (Å²) in [6.07, 6.45) is 3.81. The van der Waals surface area contributed by atoms with Crippen molar-refractivity contribution >= 4 is 23.4 Å². The molecule has 0 radical (unpaired) electrons. The van der Waals surface area contributed by atoms with Gasteiger partial charge >= 0.3 is 0 Å². The summed E-state index contributed by atoms with van der Waals surface area (Å²) in [4.78, 5) is 1.38. The molecular weight excluding hydrogens is 302 g/mol. The van der Waals surface area contributed by atoms with E-state index in [2.05, 4.69) is 31.3 Å². The van der Waals surface area contributed by atoms with Crippen LogP contribution in [-0.2, 0) is 4.74 Å². The zero-order valence-corrected chi connectivity index (χ0v) is 14.3. The van der Waals surface area contributed by atoms with Gasteiger partial charge < -0.3 is 10.1 Å². The maximum Gasteiger partial charge on any atom is 0.0612 e. The molecule has 4 heteroatoms. The Morgan fingerprint density at radius 1 is 1.33 bits per heavy atom. The number of fused-ring (bicyclic) bond motifs is 1. The van der Waals surface area contributed by atoms with Gasteiger partial charge in [-0.2, -0.15) is 0 Å². The van der Waals surface area contributed by atoms with E-state index in [9.17, 15) is 0 Å².